The Morgan fingerprint density at radius 2 is 1.85 bits per heavy atom. The van der Waals surface area contributed by atoms with E-state index in [9.17, 15) is 4.79 Å². The summed E-state index contributed by atoms with van der Waals surface area (Å²) in [4.78, 5) is 20.9. The Balaban J connectivity index is 1.29. The molecule has 0 bridgehead atoms. The first-order valence-electron chi connectivity index (χ1n) is 8.61. The third-order valence-corrected chi connectivity index (χ3v) is 4.58. The predicted molar refractivity (Wildman–Crippen MR) is 93.4 cm³/mol. The number of Topliss-reactive ketones (excluding diaryl/α,β-unsaturated/α-hetero) is 1. The van der Waals surface area contributed by atoms with Crippen LogP contribution in [0.3, 0.4) is 0 Å². The summed E-state index contributed by atoms with van der Waals surface area (Å²) in [6.07, 6.45) is 7.69. The van der Waals surface area contributed by atoms with E-state index >= 15 is 0 Å². The fourth-order valence-electron chi connectivity index (χ4n) is 3.28. The lowest BCUT2D eigenvalue weighted by Crippen LogP contribution is -2.12. The molecule has 0 saturated heterocycles. The monoisotopic (exact) mass is 349 g/mol. The van der Waals surface area contributed by atoms with Gasteiger partial charge in [-0.05, 0) is 29.9 Å². The van der Waals surface area contributed by atoms with Crippen molar-refractivity contribution in [2.75, 3.05) is 6.61 Å². The van der Waals surface area contributed by atoms with Gasteiger partial charge in [0.05, 0.1) is 18.4 Å². The van der Waals surface area contributed by atoms with Crippen molar-refractivity contribution in [3.8, 4) is 0 Å². The van der Waals surface area contributed by atoms with Crippen LogP contribution in [0.5, 0.6) is 0 Å². The predicted octanol–water partition coefficient (Wildman–Crippen LogP) is 1.95. The number of fused-ring (bicyclic) bond motifs is 1. The van der Waals surface area contributed by atoms with Crippen molar-refractivity contribution in [3.63, 3.8) is 0 Å². The Bertz CT molecular complexity index is 852. The molecular weight excluding hydrogens is 330 g/mol. The number of hydrogen-bond acceptors (Lipinski definition) is 6. The van der Waals surface area contributed by atoms with E-state index in [1.54, 1.807) is 18.6 Å². The van der Waals surface area contributed by atoms with Gasteiger partial charge < -0.3 is 4.74 Å². The first-order chi connectivity index (χ1) is 12.8. The first kappa shape index (κ1) is 16.5. The molecule has 0 aliphatic heterocycles. The van der Waals surface area contributed by atoms with Crippen LogP contribution in [0, 0.1) is 5.92 Å². The van der Waals surface area contributed by atoms with Gasteiger partial charge in [0.25, 0.3) is 0 Å². The van der Waals surface area contributed by atoms with Gasteiger partial charge in [0, 0.05) is 18.8 Å². The number of benzene rings is 1. The van der Waals surface area contributed by atoms with E-state index in [0.29, 0.717) is 17.2 Å². The summed E-state index contributed by atoms with van der Waals surface area (Å²) in [6, 6.07) is 8.56. The SMILES string of the molecule is O=C(COCc1cn[nH]n1)c1cnc(CC2Cc3ccccc3C2)nc1. The molecule has 132 valence electrons. The van der Waals surface area contributed by atoms with E-state index in [1.807, 2.05) is 0 Å². The number of nitrogens with one attached hydrogen (secondary N) is 1. The second-order valence-corrected chi connectivity index (χ2v) is 6.51. The van der Waals surface area contributed by atoms with Crippen LogP contribution < -0.4 is 0 Å². The van der Waals surface area contributed by atoms with Crippen LogP contribution in [0.15, 0.2) is 42.9 Å². The third kappa shape index (κ3) is 3.83. The quantitative estimate of drug-likeness (QED) is 0.655. The molecule has 4 rings (SSSR count). The van der Waals surface area contributed by atoms with Gasteiger partial charge in [-0.2, -0.15) is 15.4 Å². The Morgan fingerprint density at radius 1 is 1.12 bits per heavy atom. The molecule has 2 heterocycles. The van der Waals surface area contributed by atoms with E-state index in [4.69, 9.17) is 4.74 Å². The molecule has 2 aromatic heterocycles. The third-order valence-electron chi connectivity index (χ3n) is 4.58. The summed E-state index contributed by atoms with van der Waals surface area (Å²) >= 11 is 0. The smallest absolute Gasteiger partial charge is 0.191 e. The van der Waals surface area contributed by atoms with Crippen LogP contribution in [0.1, 0.15) is 33.0 Å². The summed E-state index contributed by atoms with van der Waals surface area (Å²) < 4.78 is 5.34. The lowest BCUT2D eigenvalue weighted by molar-refractivity contribution is 0.0719. The van der Waals surface area contributed by atoms with Crippen LogP contribution in [-0.2, 0) is 30.6 Å². The van der Waals surface area contributed by atoms with Gasteiger partial charge in [0.15, 0.2) is 5.78 Å². The highest BCUT2D eigenvalue weighted by Gasteiger charge is 2.22. The van der Waals surface area contributed by atoms with Gasteiger partial charge in [0.2, 0.25) is 0 Å². The number of H-pyrrole nitrogens is 1. The van der Waals surface area contributed by atoms with E-state index in [1.165, 1.54) is 11.1 Å². The summed E-state index contributed by atoms with van der Waals surface area (Å²) in [7, 11) is 0. The minimum Gasteiger partial charge on any atom is -0.367 e. The topological polar surface area (TPSA) is 93.7 Å². The number of aromatic amines is 1. The number of aromatic nitrogens is 5. The number of rotatable bonds is 7. The van der Waals surface area contributed by atoms with E-state index in [-0.39, 0.29) is 19.0 Å². The second-order valence-electron chi connectivity index (χ2n) is 6.51. The molecule has 0 saturated carbocycles. The van der Waals surface area contributed by atoms with E-state index in [0.717, 1.165) is 25.1 Å². The summed E-state index contributed by atoms with van der Waals surface area (Å²) in [5, 5.41) is 10.0. The van der Waals surface area contributed by atoms with Crippen LogP contribution in [0.4, 0.5) is 0 Å². The maximum atomic E-state index is 12.1. The van der Waals surface area contributed by atoms with Gasteiger partial charge >= 0.3 is 0 Å². The largest absolute Gasteiger partial charge is 0.367 e. The van der Waals surface area contributed by atoms with Gasteiger partial charge in [-0.25, -0.2) is 9.97 Å². The van der Waals surface area contributed by atoms with Gasteiger partial charge in [-0.15, -0.1) is 0 Å². The lowest BCUT2D eigenvalue weighted by atomic mass is 10.0. The lowest BCUT2D eigenvalue weighted by Gasteiger charge is -2.08. The molecule has 26 heavy (non-hydrogen) atoms. The van der Waals surface area contributed by atoms with Crippen molar-refractivity contribution in [1.82, 2.24) is 25.4 Å². The highest BCUT2D eigenvalue weighted by atomic mass is 16.5. The molecule has 0 amide bonds. The fraction of sp³-hybridized carbons (Fsp3) is 0.316. The minimum absolute atomic E-state index is 0.0342. The Labute approximate surface area is 150 Å². The van der Waals surface area contributed by atoms with Crippen molar-refractivity contribution in [2.24, 2.45) is 5.92 Å². The summed E-state index contributed by atoms with van der Waals surface area (Å²) in [5.41, 5.74) is 3.97. The number of ether oxygens (including phenoxy) is 1. The minimum atomic E-state index is -0.145. The Kier molecular flexibility index (Phi) is 4.79. The number of carbonyl (C=O) groups excluding carboxylic acids is 1. The molecule has 0 fully saturated rings. The molecule has 7 heteroatoms. The number of hydrogen-bond donors (Lipinski definition) is 1. The molecular formula is C19H19N5O2. The molecule has 0 radical (unpaired) electrons. The molecule has 1 aromatic carbocycles. The van der Waals surface area contributed by atoms with Crippen molar-refractivity contribution in [3.05, 3.63) is 71.1 Å². The molecule has 7 nitrogen and oxygen atoms in total. The van der Waals surface area contributed by atoms with Crippen LogP contribution >= 0.6 is 0 Å². The number of nitrogens with zero attached hydrogens (tertiary/aromatic N) is 4. The molecule has 0 unspecified atom stereocenters. The van der Waals surface area contributed by atoms with Crippen LogP contribution in [-0.4, -0.2) is 37.8 Å². The molecule has 0 atom stereocenters. The second kappa shape index (κ2) is 7.53. The van der Waals surface area contributed by atoms with Gasteiger partial charge in [-0.3, -0.25) is 4.79 Å². The van der Waals surface area contributed by atoms with Crippen molar-refractivity contribution in [2.45, 2.75) is 25.9 Å². The molecule has 3 aromatic rings. The highest BCUT2D eigenvalue weighted by Crippen LogP contribution is 2.28. The standard InChI is InChI=1S/C19H19N5O2/c25-18(12-26-11-17-10-22-24-23-17)16-8-20-19(21-9-16)7-13-5-14-3-1-2-4-15(14)6-13/h1-4,8-10,13H,5-7,11-12H2,(H,22,23,24). The van der Waals surface area contributed by atoms with Crippen molar-refractivity contribution in [1.29, 1.82) is 0 Å². The van der Waals surface area contributed by atoms with Crippen LogP contribution in [0.2, 0.25) is 0 Å². The molecule has 0 spiro atoms. The van der Waals surface area contributed by atoms with Crippen molar-refractivity contribution < 1.29 is 9.53 Å². The average Bonchev–Trinajstić information content (AvgIpc) is 3.31. The zero-order chi connectivity index (χ0) is 17.8. The number of carbonyl (C=O) groups is 1. The summed E-state index contributed by atoms with van der Waals surface area (Å²) in [6.45, 7) is 0.205. The fourth-order valence-corrected chi connectivity index (χ4v) is 3.28. The zero-order valence-electron chi connectivity index (χ0n) is 14.3. The Morgan fingerprint density at radius 3 is 2.50 bits per heavy atom. The van der Waals surface area contributed by atoms with E-state index < -0.39 is 0 Å². The molecule has 1 aliphatic rings. The maximum Gasteiger partial charge on any atom is 0.191 e. The van der Waals surface area contributed by atoms with Gasteiger partial charge in [-0.1, -0.05) is 24.3 Å². The molecule has 1 N–H and O–H groups in total. The van der Waals surface area contributed by atoms with E-state index in [2.05, 4.69) is 49.6 Å². The molecule has 1 aliphatic carbocycles. The zero-order valence-corrected chi connectivity index (χ0v) is 14.3. The number of ketones is 1. The van der Waals surface area contributed by atoms with Crippen molar-refractivity contribution >= 4 is 5.78 Å². The first-order valence-corrected chi connectivity index (χ1v) is 8.61. The van der Waals surface area contributed by atoms with Gasteiger partial charge in [0.1, 0.15) is 18.1 Å². The normalized spacial score (nSPS) is 13.7. The maximum absolute atomic E-state index is 12.1. The van der Waals surface area contributed by atoms with Crippen LogP contribution in [0.25, 0.3) is 0 Å². The Hall–Kier alpha value is -2.93. The highest BCUT2D eigenvalue weighted by molar-refractivity contribution is 5.96. The summed E-state index contributed by atoms with van der Waals surface area (Å²) in [5.74, 6) is 1.16. The average molecular weight is 349 g/mol.